The lowest BCUT2D eigenvalue weighted by molar-refractivity contribution is -0.117. The molecule has 1 fully saturated rings. The molecule has 35 heavy (non-hydrogen) atoms. The second-order valence-corrected chi connectivity index (χ2v) is 8.39. The van der Waals surface area contributed by atoms with Crippen molar-refractivity contribution in [2.24, 2.45) is 23.9 Å². The van der Waals surface area contributed by atoms with Gasteiger partial charge in [-0.1, -0.05) is 60.6 Å². The molecule has 192 valence electrons. The molecule has 1 N–H and O–H groups in total. The first kappa shape index (κ1) is 30.0. The number of nitrogens with one attached hydrogen (secondary N) is 1. The number of rotatable bonds is 8. The predicted molar refractivity (Wildman–Crippen MR) is 151 cm³/mol. The highest BCUT2D eigenvalue weighted by molar-refractivity contribution is 6.23. The second-order valence-electron chi connectivity index (χ2n) is 8.39. The van der Waals surface area contributed by atoms with Crippen LogP contribution in [0.15, 0.2) is 46.5 Å². The van der Waals surface area contributed by atoms with Crippen LogP contribution in [0.25, 0.3) is 16.5 Å². The average molecular weight is 481 g/mol. The Hall–Kier alpha value is -3.02. The normalized spacial score (nSPS) is 14.3. The highest BCUT2D eigenvalue weighted by Gasteiger charge is 2.29. The van der Waals surface area contributed by atoms with E-state index in [4.69, 9.17) is 4.99 Å². The fourth-order valence-electron chi connectivity index (χ4n) is 3.74. The molecule has 0 spiro atoms. The van der Waals surface area contributed by atoms with Gasteiger partial charge in [0, 0.05) is 53.2 Å². The number of amides is 1. The molecule has 6 nitrogen and oxygen atoms in total. The van der Waals surface area contributed by atoms with E-state index >= 15 is 0 Å². The Morgan fingerprint density at radius 2 is 1.91 bits per heavy atom. The van der Waals surface area contributed by atoms with Gasteiger partial charge in [0.2, 0.25) is 5.91 Å². The monoisotopic (exact) mass is 480 g/mol. The van der Waals surface area contributed by atoms with Crippen molar-refractivity contribution in [3.63, 3.8) is 0 Å². The number of hydrogen-bond donors (Lipinski definition) is 1. The van der Waals surface area contributed by atoms with Gasteiger partial charge in [-0.3, -0.25) is 14.6 Å². The Morgan fingerprint density at radius 3 is 2.46 bits per heavy atom. The molecule has 0 saturated heterocycles. The molecule has 0 aliphatic heterocycles. The molecule has 1 aliphatic rings. The summed E-state index contributed by atoms with van der Waals surface area (Å²) in [5.41, 5.74) is 3.57. The summed E-state index contributed by atoms with van der Waals surface area (Å²) in [6, 6.07) is 3.61. The average Bonchev–Trinajstić information content (AvgIpc) is 3.71. The van der Waals surface area contributed by atoms with Crippen molar-refractivity contribution in [2.75, 3.05) is 5.32 Å². The summed E-state index contributed by atoms with van der Waals surface area (Å²) >= 11 is 0. The summed E-state index contributed by atoms with van der Waals surface area (Å²) in [6.45, 7) is 20.2. The van der Waals surface area contributed by atoms with Crippen molar-refractivity contribution in [3.05, 3.63) is 52.6 Å². The molecule has 1 saturated carbocycles. The maximum atomic E-state index is 13.2. The molecule has 3 rings (SSSR count). The maximum absolute atomic E-state index is 13.2. The van der Waals surface area contributed by atoms with Crippen LogP contribution in [0.5, 0.6) is 0 Å². The van der Waals surface area contributed by atoms with E-state index in [1.165, 1.54) is 0 Å². The van der Waals surface area contributed by atoms with E-state index in [1.54, 1.807) is 23.9 Å². The first-order valence-electron chi connectivity index (χ1n) is 13.0. The molecular weight excluding hydrogens is 436 g/mol. The zero-order valence-electron chi connectivity index (χ0n) is 23.2. The SMILES string of the molecule is C=C(N=C(C)/C(=C\C)c1cc2cnc(NC(=O)C3CC3)cc2n(C)c1=O)C(C)CCC.CC.CC. The molecule has 2 aromatic heterocycles. The highest BCUT2D eigenvalue weighted by Crippen LogP contribution is 2.30. The first-order chi connectivity index (χ1) is 16.8. The molecule has 1 atom stereocenters. The van der Waals surface area contributed by atoms with E-state index in [-0.39, 0.29) is 17.4 Å². The number of anilines is 1. The van der Waals surface area contributed by atoms with E-state index in [0.29, 0.717) is 17.3 Å². The van der Waals surface area contributed by atoms with Crippen molar-refractivity contribution in [1.29, 1.82) is 0 Å². The minimum atomic E-state index is -0.118. The van der Waals surface area contributed by atoms with Crippen LogP contribution in [0.4, 0.5) is 5.82 Å². The number of aliphatic imine (C=N–C) groups is 1. The van der Waals surface area contributed by atoms with E-state index in [9.17, 15) is 9.59 Å². The van der Waals surface area contributed by atoms with Gasteiger partial charge in [0.1, 0.15) is 5.82 Å². The quantitative estimate of drug-likeness (QED) is 0.408. The Labute approximate surface area is 211 Å². The summed E-state index contributed by atoms with van der Waals surface area (Å²) in [6.07, 6.45) is 7.58. The number of aryl methyl sites for hydroxylation is 1. The van der Waals surface area contributed by atoms with E-state index in [2.05, 4.69) is 30.7 Å². The van der Waals surface area contributed by atoms with Crippen LogP contribution >= 0.6 is 0 Å². The van der Waals surface area contributed by atoms with Crippen molar-refractivity contribution >= 4 is 33.9 Å². The van der Waals surface area contributed by atoms with Crippen molar-refractivity contribution in [1.82, 2.24) is 9.55 Å². The zero-order valence-corrected chi connectivity index (χ0v) is 23.2. The van der Waals surface area contributed by atoms with Crippen LogP contribution in [0.3, 0.4) is 0 Å². The summed E-state index contributed by atoms with van der Waals surface area (Å²) in [5, 5.41) is 3.67. The van der Waals surface area contributed by atoms with Gasteiger partial charge in [-0.2, -0.15) is 0 Å². The molecule has 2 heterocycles. The molecule has 1 aliphatic carbocycles. The van der Waals surface area contributed by atoms with Gasteiger partial charge in [0.25, 0.3) is 5.56 Å². The summed E-state index contributed by atoms with van der Waals surface area (Å²) in [4.78, 5) is 34.3. The Kier molecular flexibility index (Phi) is 12.3. The Balaban J connectivity index is 0.00000145. The third-order valence-corrected chi connectivity index (χ3v) is 5.88. The van der Waals surface area contributed by atoms with Gasteiger partial charge in [-0.15, -0.1) is 0 Å². The molecule has 0 aromatic carbocycles. The molecule has 1 amide bonds. The first-order valence-corrected chi connectivity index (χ1v) is 13.0. The van der Waals surface area contributed by atoms with E-state index in [0.717, 1.165) is 53.6 Å². The van der Waals surface area contributed by atoms with Gasteiger partial charge in [0.15, 0.2) is 0 Å². The zero-order chi connectivity index (χ0) is 26.7. The standard InChI is InChI=1S/C25H32N4O2.2C2H6/c1-7-9-15(3)16(4)27-17(5)20(8-2)21-12-19-14-26-23(28-24(30)18-10-11-18)13-22(19)29(6)25(21)31;2*1-2/h8,12-15,18H,4,7,9-11H2,1-3,5-6H3,(H,26,28,30);2*1-2H3/b20-8+,27-17?;;. The number of hydrogen-bond acceptors (Lipinski definition) is 4. The highest BCUT2D eigenvalue weighted by atomic mass is 16.2. The van der Waals surface area contributed by atoms with Crippen LogP contribution in [-0.2, 0) is 11.8 Å². The van der Waals surface area contributed by atoms with Crippen LogP contribution < -0.4 is 10.9 Å². The molecule has 0 radical (unpaired) electrons. The lowest BCUT2D eigenvalue weighted by atomic mass is 10.00. The van der Waals surface area contributed by atoms with Crippen molar-refractivity contribution < 1.29 is 4.79 Å². The summed E-state index contributed by atoms with van der Waals surface area (Å²) < 4.78 is 1.60. The molecule has 2 aromatic rings. The molecule has 0 bridgehead atoms. The van der Waals surface area contributed by atoms with E-state index in [1.807, 2.05) is 53.7 Å². The number of carbonyl (C=O) groups excluding carboxylic acids is 1. The van der Waals surface area contributed by atoms with Crippen LogP contribution in [-0.4, -0.2) is 21.2 Å². The number of aromatic nitrogens is 2. The van der Waals surface area contributed by atoms with Crippen molar-refractivity contribution in [3.8, 4) is 0 Å². The Morgan fingerprint density at radius 1 is 1.29 bits per heavy atom. The van der Waals surface area contributed by atoms with Gasteiger partial charge in [-0.05, 0) is 45.1 Å². The largest absolute Gasteiger partial charge is 0.311 e. The van der Waals surface area contributed by atoms with Gasteiger partial charge in [0.05, 0.1) is 5.52 Å². The Bertz CT molecular complexity index is 1140. The lowest BCUT2D eigenvalue weighted by Gasteiger charge is -2.14. The topological polar surface area (TPSA) is 76.3 Å². The van der Waals surface area contributed by atoms with Gasteiger partial charge in [-0.25, -0.2) is 4.98 Å². The second kappa shape index (κ2) is 14.4. The minimum Gasteiger partial charge on any atom is -0.311 e. The summed E-state index contributed by atoms with van der Waals surface area (Å²) in [7, 11) is 1.74. The fourth-order valence-corrected chi connectivity index (χ4v) is 3.74. The van der Waals surface area contributed by atoms with Gasteiger partial charge >= 0.3 is 0 Å². The lowest BCUT2D eigenvalue weighted by Crippen LogP contribution is -2.23. The van der Waals surface area contributed by atoms with E-state index < -0.39 is 0 Å². The predicted octanol–water partition coefficient (Wildman–Crippen LogP) is 7.15. The maximum Gasteiger partial charge on any atom is 0.258 e. The molecule has 1 unspecified atom stereocenters. The number of fused-ring (bicyclic) bond motifs is 1. The van der Waals surface area contributed by atoms with Crippen LogP contribution in [0.2, 0.25) is 0 Å². The van der Waals surface area contributed by atoms with Gasteiger partial charge < -0.3 is 9.88 Å². The fraction of sp³-hybridized carbons (Fsp3) is 0.517. The van der Waals surface area contributed by atoms with Crippen LogP contribution in [0, 0.1) is 11.8 Å². The third-order valence-electron chi connectivity index (χ3n) is 5.88. The molecule has 6 heteroatoms. The third kappa shape index (κ3) is 7.74. The van der Waals surface area contributed by atoms with Crippen molar-refractivity contribution in [2.45, 2.75) is 81.1 Å². The minimum absolute atomic E-state index is 0.00552. The number of carbonyl (C=O) groups is 1. The summed E-state index contributed by atoms with van der Waals surface area (Å²) in [5.74, 6) is 0.857. The number of nitrogens with zero attached hydrogens (tertiary/aromatic N) is 3. The number of allylic oxidation sites excluding steroid dienone is 3. The van der Waals surface area contributed by atoms with Crippen LogP contribution in [0.1, 0.15) is 86.6 Å². The molecular formula is C29H44N4O2. The smallest absolute Gasteiger partial charge is 0.258 e. The number of pyridine rings is 2.